The lowest BCUT2D eigenvalue weighted by atomic mass is 10.0. The third-order valence-electron chi connectivity index (χ3n) is 3.18. The Balaban J connectivity index is 2.21. The number of anilines is 1. The molecule has 0 saturated heterocycles. The zero-order valence-corrected chi connectivity index (χ0v) is 9.42. The Morgan fingerprint density at radius 3 is 2.81 bits per heavy atom. The van der Waals surface area contributed by atoms with Gasteiger partial charge in [-0.1, -0.05) is 0 Å². The molecule has 1 N–H and O–H groups in total. The van der Waals surface area contributed by atoms with Crippen LogP contribution >= 0.6 is 0 Å². The third-order valence-corrected chi connectivity index (χ3v) is 3.82. The second-order valence-electron chi connectivity index (χ2n) is 4.16. The van der Waals surface area contributed by atoms with Gasteiger partial charge in [0.25, 0.3) is 0 Å². The van der Waals surface area contributed by atoms with Crippen LogP contribution in [0.2, 0.25) is 0 Å². The van der Waals surface area contributed by atoms with Crippen LogP contribution < -0.4 is 4.90 Å². The Labute approximate surface area is 95.5 Å². The maximum atomic E-state index is 11.7. The van der Waals surface area contributed by atoms with Crippen LogP contribution in [0.5, 0.6) is 0 Å². The van der Waals surface area contributed by atoms with E-state index in [1.54, 1.807) is 17.0 Å². The Kier molecular flexibility index (Phi) is 2.12. The summed E-state index contributed by atoms with van der Waals surface area (Å²) in [5, 5.41) is 0. The van der Waals surface area contributed by atoms with E-state index in [-0.39, 0.29) is 5.91 Å². The summed E-state index contributed by atoms with van der Waals surface area (Å²) in [4.78, 5) is 13.9. The van der Waals surface area contributed by atoms with E-state index >= 15 is 0 Å². The number of carbonyl (C=O) groups excluding carboxylic acids is 1. The van der Waals surface area contributed by atoms with Gasteiger partial charge in [0.1, 0.15) is 0 Å². The summed E-state index contributed by atoms with van der Waals surface area (Å²) in [6.45, 7) is 0.778. The minimum absolute atomic E-state index is 0.108. The first-order valence-electron chi connectivity index (χ1n) is 5.24. The van der Waals surface area contributed by atoms with Gasteiger partial charge in [0.2, 0.25) is 5.91 Å². The number of rotatable bonds is 1. The van der Waals surface area contributed by atoms with Gasteiger partial charge < -0.3 is 9.45 Å². The molecule has 1 unspecified atom stereocenters. The van der Waals surface area contributed by atoms with Crippen LogP contribution in [0.1, 0.15) is 17.5 Å². The maximum Gasteiger partial charge on any atom is 0.231 e. The van der Waals surface area contributed by atoms with Crippen LogP contribution in [0.15, 0.2) is 17.0 Å². The molecule has 1 atom stereocenters. The number of amides is 1. The molecule has 5 heteroatoms. The highest BCUT2D eigenvalue weighted by Crippen LogP contribution is 2.37. The normalized spacial score (nSPS) is 19.8. The second kappa shape index (κ2) is 3.40. The van der Waals surface area contributed by atoms with Gasteiger partial charge >= 0.3 is 0 Å². The van der Waals surface area contributed by atoms with Crippen molar-refractivity contribution in [2.75, 3.05) is 11.4 Å². The second-order valence-corrected chi connectivity index (χ2v) is 5.13. The van der Waals surface area contributed by atoms with Crippen molar-refractivity contribution in [2.24, 2.45) is 0 Å². The maximum absolute atomic E-state index is 11.7. The fourth-order valence-electron chi connectivity index (χ4n) is 2.55. The molecular formula is C11H11NO3S. The molecule has 84 valence electrons. The molecule has 0 bridgehead atoms. The predicted octanol–water partition coefficient (Wildman–Crippen LogP) is 1.10. The van der Waals surface area contributed by atoms with Gasteiger partial charge in [-0.05, 0) is 36.1 Å². The van der Waals surface area contributed by atoms with E-state index in [1.165, 1.54) is 0 Å². The van der Waals surface area contributed by atoms with E-state index in [2.05, 4.69) is 0 Å². The summed E-state index contributed by atoms with van der Waals surface area (Å²) in [6.07, 6.45) is 2.18. The summed E-state index contributed by atoms with van der Waals surface area (Å²) >= 11 is -1.96. The number of benzene rings is 1. The summed E-state index contributed by atoms with van der Waals surface area (Å²) in [5.74, 6) is 0.108. The zero-order valence-electron chi connectivity index (χ0n) is 8.60. The molecule has 2 aliphatic heterocycles. The average molecular weight is 237 g/mol. The molecule has 4 nitrogen and oxygen atoms in total. The Morgan fingerprint density at radius 2 is 2.06 bits per heavy atom. The van der Waals surface area contributed by atoms with Crippen molar-refractivity contribution in [2.45, 2.75) is 24.2 Å². The summed E-state index contributed by atoms with van der Waals surface area (Å²) in [7, 11) is 0. The molecule has 2 heterocycles. The average Bonchev–Trinajstić information content (AvgIpc) is 2.58. The van der Waals surface area contributed by atoms with Crippen LogP contribution in [0.25, 0.3) is 0 Å². The van der Waals surface area contributed by atoms with Gasteiger partial charge in [-0.3, -0.25) is 4.79 Å². The number of hydrogen-bond acceptors (Lipinski definition) is 2. The van der Waals surface area contributed by atoms with E-state index in [0.717, 1.165) is 36.2 Å². The quantitative estimate of drug-likeness (QED) is 0.744. The highest BCUT2D eigenvalue weighted by molar-refractivity contribution is 7.79. The molecule has 0 aliphatic carbocycles. The fraction of sp³-hybridized carbons (Fsp3) is 0.364. The van der Waals surface area contributed by atoms with Gasteiger partial charge in [0.05, 0.1) is 17.0 Å². The van der Waals surface area contributed by atoms with E-state index in [1.807, 2.05) is 0 Å². The molecule has 0 saturated carbocycles. The third kappa shape index (κ3) is 1.32. The lowest BCUT2D eigenvalue weighted by molar-refractivity contribution is -0.117. The lowest BCUT2D eigenvalue weighted by Crippen LogP contribution is -2.31. The van der Waals surface area contributed by atoms with E-state index < -0.39 is 11.1 Å². The minimum atomic E-state index is -1.96. The van der Waals surface area contributed by atoms with Gasteiger partial charge in [0, 0.05) is 6.54 Å². The Bertz CT molecular complexity index is 512. The highest BCUT2D eigenvalue weighted by atomic mass is 32.2. The molecule has 1 aromatic rings. The van der Waals surface area contributed by atoms with Crippen molar-refractivity contribution in [1.29, 1.82) is 0 Å². The largest absolute Gasteiger partial charge is 0.312 e. The molecule has 0 radical (unpaired) electrons. The van der Waals surface area contributed by atoms with Gasteiger partial charge in [-0.2, -0.15) is 0 Å². The summed E-state index contributed by atoms with van der Waals surface area (Å²) in [5.41, 5.74) is 2.93. The molecule has 16 heavy (non-hydrogen) atoms. The van der Waals surface area contributed by atoms with Crippen molar-refractivity contribution in [3.05, 3.63) is 23.3 Å². The van der Waals surface area contributed by atoms with E-state index in [4.69, 9.17) is 4.55 Å². The molecule has 2 aliphatic rings. The zero-order chi connectivity index (χ0) is 11.3. The monoisotopic (exact) mass is 237 g/mol. The van der Waals surface area contributed by atoms with E-state index in [0.29, 0.717) is 11.3 Å². The first-order chi connectivity index (χ1) is 7.66. The van der Waals surface area contributed by atoms with Crippen LogP contribution in [-0.2, 0) is 28.7 Å². The molecule has 0 aromatic heterocycles. The predicted molar refractivity (Wildman–Crippen MR) is 59.9 cm³/mol. The van der Waals surface area contributed by atoms with Crippen LogP contribution in [0.4, 0.5) is 5.69 Å². The number of carbonyl (C=O) groups is 1. The van der Waals surface area contributed by atoms with Crippen molar-refractivity contribution >= 4 is 22.7 Å². The number of aryl methyl sites for hydroxylation is 1. The number of nitrogens with zero attached hydrogens (tertiary/aromatic N) is 1. The van der Waals surface area contributed by atoms with Gasteiger partial charge in [-0.15, -0.1) is 0 Å². The molecule has 0 spiro atoms. The topological polar surface area (TPSA) is 57.6 Å². The fourth-order valence-corrected chi connectivity index (χ4v) is 3.03. The molecular weight excluding hydrogens is 226 g/mol. The number of hydrogen-bond donors (Lipinski definition) is 1. The van der Waals surface area contributed by atoms with Crippen molar-refractivity contribution in [3.63, 3.8) is 0 Å². The Morgan fingerprint density at radius 1 is 1.31 bits per heavy atom. The van der Waals surface area contributed by atoms with Crippen LogP contribution in [0.3, 0.4) is 0 Å². The first kappa shape index (κ1) is 9.99. The van der Waals surface area contributed by atoms with E-state index in [9.17, 15) is 9.00 Å². The molecule has 1 aromatic carbocycles. The SMILES string of the molecule is O=C1Cc2cc(S(=O)O)cc3c2N1CCC3. The van der Waals surface area contributed by atoms with Crippen LogP contribution in [-0.4, -0.2) is 21.2 Å². The van der Waals surface area contributed by atoms with Crippen LogP contribution in [0, 0.1) is 0 Å². The van der Waals surface area contributed by atoms with Gasteiger partial charge in [-0.25, -0.2) is 4.21 Å². The van der Waals surface area contributed by atoms with Crippen molar-refractivity contribution < 1.29 is 13.6 Å². The summed E-state index contributed by atoms with van der Waals surface area (Å²) in [6, 6.07) is 3.43. The van der Waals surface area contributed by atoms with Crippen molar-refractivity contribution in [3.8, 4) is 0 Å². The van der Waals surface area contributed by atoms with Crippen molar-refractivity contribution in [1.82, 2.24) is 0 Å². The smallest absolute Gasteiger partial charge is 0.231 e. The standard InChI is InChI=1S/C11H11NO3S/c13-10-6-8-5-9(16(14)15)4-7-2-1-3-12(10)11(7)8/h4-5H,1-3,6H2,(H,14,15). The Hall–Kier alpha value is -1.20. The lowest BCUT2D eigenvalue weighted by Gasteiger charge is -2.25. The summed E-state index contributed by atoms with van der Waals surface area (Å²) < 4.78 is 20.2. The highest BCUT2D eigenvalue weighted by Gasteiger charge is 2.32. The molecule has 1 amide bonds. The molecule has 0 fully saturated rings. The van der Waals surface area contributed by atoms with Gasteiger partial charge in [0.15, 0.2) is 11.1 Å². The molecule has 3 rings (SSSR count). The first-order valence-corrected chi connectivity index (χ1v) is 6.34. The minimum Gasteiger partial charge on any atom is -0.312 e.